The molecule has 41 heavy (non-hydrogen) atoms. The first-order valence-corrected chi connectivity index (χ1v) is 13.1. The number of pyridine rings is 1. The Kier molecular flexibility index (Phi) is 9.75. The van der Waals surface area contributed by atoms with Gasteiger partial charge >= 0.3 is 6.36 Å². The number of alkyl halides is 3. The van der Waals surface area contributed by atoms with Gasteiger partial charge in [0.25, 0.3) is 5.91 Å². The molecule has 1 aliphatic heterocycles. The number of rotatable bonds is 9. The molecule has 2 aromatic carbocycles. The van der Waals surface area contributed by atoms with Crippen LogP contribution in [0.15, 0.2) is 41.3 Å². The number of benzene rings is 2. The molecule has 0 aliphatic carbocycles. The predicted octanol–water partition coefficient (Wildman–Crippen LogP) is 4.71. The van der Waals surface area contributed by atoms with Crippen LogP contribution < -0.4 is 15.5 Å². The van der Waals surface area contributed by atoms with Crippen molar-refractivity contribution in [1.82, 2.24) is 14.8 Å². The molecule has 0 spiro atoms. The van der Waals surface area contributed by atoms with E-state index in [4.69, 9.17) is 27.9 Å². The van der Waals surface area contributed by atoms with Crippen molar-refractivity contribution in [2.75, 3.05) is 26.2 Å². The van der Waals surface area contributed by atoms with Crippen LogP contribution in [-0.4, -0.2) is 65.2 Å². The lowest BCUT2D eigenvalue weighted by atomic mass is 10.0. The first kappa shape index (κ1) is 31.0. The van der Waals surface area contributed by atoms with Crippen molar-refractivity contribution >= 4 is 40.0 Å². The molecule has 8 nitrogen and oxygen atoms in total. The average Bonchev–Trinajstić information content (AvgIpc) is 2.90. The lowest BCUT2D eigenvalue weighted by Crippen LogP contribution is -2.47. The first-order valence-electron chi connectivity index (χ1n) is 12.3. The van der Waals surface area contributed by atoms with E-state index in [1.54, 1.807) is 0 Å². The molecule has 1 saturated heterocycles. The van der Waals surface area contributed by atoms with Crippen molar-refractivity contribution in [3.63, 3.8) is 0 Å². The summed E-state index contributed by atoms with van der Waals surface area (Å²) in [5.74, 6) is -2.24. The molecule has 2 N–H and O–H groups in total. The zero-order chi connectivity index (χ0) is 29.9. The highest BCUT2D eigenvalue weighted by atomic mass is 35.5. The highest BCUT2D eigenvalue weighted by Crippen LogP contribution is 2.24. The number of β-amino-alcohol motifs (C(OH)–C–C–N with tert-alkyl or cyclic N) is 1. The molecular formula is C26H24Cl2F5N3O5. The monoisotopic (exact) mass is 623 g/mol. The van der Waals surface area contributed by atoms with E-state index in [1.165, 1.54) is 12.1 Å². The number of hydrogen-bond donors (Lipinski definition) is 2. The summed E-state index contributed by atoms with van der Waals surface area (Å²) in [6.45, 7) is 0.0144. The van der Waals surface area contributed by atoms with Gasteiger partial charge in [0.05, 0.1) is 15.6 Å². The van der Waals surface area contributed by atoms with Crippen LogP contribution >= 0.6 is 23.2 Å². The van der Waals surface area contributed by atoms with Crippen LogP contribution in [0.5, 0.6) is 5.75 Å². The Hall–Kier alpha value is -2.97. The van der Waals surface area contributed by atoms with Gasteiger partial charge < -0.3 is 24.6 Å². The van der Waals surface area contributed by atoms with Gasteiger partial charge in [-0.2, -0.15) is 0 Å². The zero-order valence-corrected chi connectivity index (χ0v) is 22.7. The fraction of sp³-hybridized carbons (Fsp3) is 0.385. The molecule has 1 atom stereocenters. The molecule has 222 valence electrons. The Morgan fingerprint density at radius 1 is 1.10 bits per heavy atom. The summed E-state index contributed by atoms with van der Waals surface area (Å²) in [5, 5.41) is 12.2. The van der Waals surface area contributed by atoms with Gasteiger partial charge in [0, 0.05) is 43.3 Å². The summed E-state index contributed by atoms with van der Waals surface area (Å²) in [5.41, 5.74) is -1.50. The number of aliphatic hydroxyl groups excluding tert-OH is 1. The van der Waals surface area contributed by atoms with E-state index in [0.717, 1.165) is 29.0 Å². The Balaban J connectivity index is 1.37. The second-order valence-corrected chi connectivity index (χ2v) is 10.2. The van der Waals surface area contributed by atoms with E-state index in [0.29, 0.717) is 25.9 Å². The first-order chi connectivity index (χ1) is 19.3. The number of ether oxygens (including phenoxy) is 2. The number of carbonyl (C=O) groups excluding carboxylic acids is 1. The number of nitrogens with one attached hydrogen (secondary N) is 1. The Bertz CT molecular complexity index is 1480. The fourth-order valence-electron chi connectivity index (χ4n) is 4.43. The van der Waals surface area contributed by atoms with Gasteiger partial charge in [-0.25, -0.2) is 8.78 Å². The number of likely N-dealkylation sites (tertiary alicyclic amines) is 1. The highest BCUT2D eigenvalue weighted by molar-refractivity contribution is 6.31. The van der Waals surface area contributed by atoms with Crippen LogP contribution in [0, 0.1) is 11.6 Å². The number of aliphatic hydroxyl groups is 1. The average molecular weight is 624 g/mol. The SMILES string of the molecule is O=C(NC1CCN(C[C@@H](O)COc2ccc(Cl)c(F)c2)CC1)c1cn(COC(F)(F)F)c2cc(Cl)c(F)cc2c1=O. The van der Waals surface area contributed by atoms with Gasteiger partial charge in [-0.15, -0.1) is 13.2 Å². The quantitative estimate of drug-likeness (QED) is 0.335. The van der Waals surface area contributed by atoms with Gasteiger partial charge in [0.15, 0.2) is 0 Å². The number of halogens is 7. The second kappa shape index (κ2) is 12.9. The molecule has 1 aromatic heterocycles. The minimum atomic E-state index is -5.00. The molecule has 0 saturated carbocycles. The molecule has 2 heterocycles. The van der Waals surface area contributed by atoms with Crippen molar-refractivity contribution in [3.05, 3.63) is 74.0 Å². The van der Waals surface area contributed by atoms with Crippen LogP contribution in [-0.2, 0) is 11.5 Å². The van der Waals surface area contributed by atoms with Crippen LogP contribution in [0.25, 0.3) is 10.9 Å². The summed E-state index contributed by atoms with van der Waals surface area (Å²) >= 11 is 11.4. The maximum atomic E-state index is 14.1. The molecule has 0 radical (unpaired) electrons. The minimum absolute atomic E-state index is 0.0478. The number of fused-ring (bicyclic) bond motifs is 1. The molecular weight excluding hydrogens is 600 g/mol. The molecule has 4 rings (SSSR count). The van der Waals surface area contributed by atoms with Crippen molar-refractivity contribution in [2.45, 2.75) is 38.1 Å². The highest BCUT2D eigenvalue weighted by Gasteiger charge is 2.30. The van der Waals surface area contributed by atoms with Crippen LogP contribution in [0.4, 0.5) is 22.0 Å². The topological polar surface area (TPSA) is 93.0 Å². The third kappa shape index (κ3) is 8.07. The molecule has 1 aliphatic rings. The van der Waals surface area contributed by atoms with E-state index in [1.807, 2.05) is 4.90 Å². The lowest BCUT2D eigenvalue weighted by molar-refractivity contribution is -0.337. The van der Waals surface area contributed by atoms with Gasteiger partial charge in [0.2, 0.25) is 5.43 Å². The number of piperidine rings is 1. The zero-order valence-electron chi connectivity index (χ0n) is 21.2. The molecule has 15 heteroatoms. The third-order valence-electron chi connectivity index (χ3n) is 6.46. The molecule has 0 bridgehead atoms. The van der Waals surface area contributed by atoms with E-state index in [2.05, 4.69) is 10.1 Å². The van der Waals surface area contributed by atoms with E-state index >= 15 is 0 Å². The Labute approximate surface area is 240 Å². The van der Waals surface area contributed by atoms with Crippen LogP contribution in [0.2, 0.25) is 10.0 Å². The third-order valence-corrected chi connectivity index (χ3v) is 7.06. The number of hydrogen-bond acceptors (Lipinski definition) is 6. The Morgan fingerprint density at radius 2 is 1.78 bits per heavy atom. The molecule has 3 aromatic rings. The van der Waals surface area contributed by atoms with Crippen molar-refractivity contribution in [1.29, 1.82) is 0 Å². The van der Waals surface area contributed by atoms with Crippen LogP contribution in [0.1, 0.15) is 23.2 Å². The largest absolute Gasteiger partial charge is 0.524 e. The summed E-state index contributed by atoms with van der Waals surface area (Å²) < 4.78 is 75.8. The maximum absolute atomic E-state index is 14.1. The standard InChI is InChI=1S/C26H24Cl2F5N3O5/c27-19-2-1-16(7-21(19)29)40-12-15(37)10-35-5-3-14(4-6-35)34-25(39)18-11-36(13-41-26(31,32)33)23-9-20(28)22(30)8-17(23)24(18)38/h1-2,7-9,11,14-15,37H,3-6,10,12-13H2,(H,34,39)/t15-/m1/s1. The number of nitrogens with zero attached hydrogens (tertiary/aromatic N) is 2. The van der Waals surface area contributed by atoms with Gasteiger partial charge in [0.1, 0.15) is 42.4 Å². The summed E-state index contributed by atoms with van der Waals surface area (Å²) in [4.78, 5) is 27.9. The summed E-state index contributed by atoms with van der Waals surface area (Å²) in [6, 6.07) is 5.31. The van der Waals surface area contributed by atoms with Gasteiger partial charge in [-0.05, 0) is 37.1 Å². The molecule has 1 amide bonds. The number of aromatic nitrogens is 1. The van der Waals surface area contributed by atoms with E-state index in [-0.39, 0.29) is 40.9 Å². The van der Waals surface area contributed by atoms with E-state index < -0.39 is 52.8 Å². The van der Waals surface area contributed by atoms with E-state index in [9.17, 15) is 36.6 Å². The minimum Gasteiger partial charge on any atom is -0.491 e. The Morgan fingerprint density at radius 3 is 2.44 bits per heavy atom. The smallest absolute Gasteiger partial charge is 0.491 e. The number of amides is 1. The van der Waals surface area contributed by atoms with Crippen molar-refractivity contribution < 1.29 is 41.3 Å². The second-order valence-electron chi connectivity index (χ2n) is 9.43. The summed E-state index contributed by atoms with van der Waals surface area (Å²) in [7, 11) is 0. The lowest BCUT2D eigenvalue weighted by Gasteiger charge is -2.33. The predicted molar refractivity (Wildman–Crippen MR) is 140 cm³/mol. The number of carbonyl (C=O) groups is 1. The molecule has 0 unspecified atom stereocenters. The molecule has 1 fully saturated rings. The van der Waals surface area contributed by atoms with Crippen molar-refractivity contribution in [3.8, 4) is 5.75 Å². The normalized spacial score (nSPS) is 15.7. The van der Waals surface area contributed by atoms with Crippen LogP contribution in [0.3, 0.4) is 0 Å². The fourth-order valence-corrected chi connectivity index (χ4v) is 4.70. The maximum Gasteiger partial charge on any atom is 0.524 e. The van der Waals surface area contributed by atoms with Gasteiger partial charge in [-0.3, -0.25) is 14.3 Å². The van der Waals surface area contributed by atoms with Gasteiger partial charge in [-0.1, -0.05) is 23.2 Å². The van der Waals surface area contributed by atoms with Crippen molar-refractivity contribution in [2.24, 2.45) is 0 Å². The summed E-state index contributed by atoms with van der Waals surface area (Å²) in [6.07, 6.45) is -4.07.